The molecule has 0 saturated carbocycles. The minimum absolute atomic E-state index is 0.135. The Morgan fingerprint density at radius 2 is 1.95 bits per heavy atom. The molecule has 0 spiro atoms. The standard InChI is InChI=1S/C15H16N2O3S/c1-11(18)16-12-6-8-14(9-7-12)21(19)10-13-4-3-5-15(17-13)20-2/h3-9H,10H2,1-2H3,(H,16,18)/t21-/m0/s1. The van der Waals surface area contributed by atoms with Gasteiger partial charge in [-0.15, -0.1) is 0 Å². The molecule has 2 rings (SSSR count). The number of nitrogens with zero attached hydrogens (tertiary/aromatic N) is 1. The topological polar surface area (TPSA) is 68.3 Å². The monoisotopic (exact) mass is 304 g/mol. The van der Waals surface area contributed by atoms with Gasteiger partial charge in [0.15, 0.2) is 0 Å². The number of carbonyl (C=O) groups excluding carboxylic acids is 1. The molecule has 6 heteroatoms. The van der Waals surface area contributed by atoms with E-state index in [9.17, 15) is 9.00 Å². The number of nitrogens with one attached hydrogen (secondary N) is 1. The summed E-state index contributed by atoms with van der Waals surface area (Å²) in [5.41, 5.74) is 1.39. The van der Waals surface area contributed by atoms with Gasteiger partial charge in [-0.05, 0) is 30.3 Å². The third-order valence-electron chi connectivity index (χ3n) is 2.71. The Balaban J connectivity index is 2.07. The van der Waals surface area contributed by atoms with Crippen molar-refractivity contribution in [2.75, 3.05) is 12.4 Å². The number of rotatable bonds is 5. The number of ether oxygens (including phenoxy) is 1. The van der Waals surface area contributed by atoms with Gasteiger partial charge < -0.3 is 10.1 Å². The van der Waals surface area contributed by atoms with E-state index in [1.165, 1.54) is 6.92 Å². The molecule has 110 valence electrons. The van der Waals surface area contributed by atoms with E-state index in [-0.39, 0.29) is 5.91 Å². The zero-order valence-corrected chi connectivity index (χ0v) is 12.6. The zero-order chi connectivity index (χ0) is 15.2. The molecule has 0 aliphatic rings. The van der Waals surface area contributed by atoms with E-state index in [0.29, 0.717) is 27.9 Å². The summed E-state index contributed by atoms with van der Waals surface area (Å²) in [6, 6.07) is 12.3. The number of hydrogen-bond donors (Lipinski definition) is 1. The lowest BCUT2D eigenvalue weighted by atomic mass is 10.3. The fourth-order valence-corrected chi connectivity index (χ4v) is 2.80. The number of benzene rings is 1. The Morgan fingerprint density at radius 1 is 1.24 bits per heavy atom. The summed E-state index contributed by atoms with van der Waals surface area (Å²) < 4.78 is 17.3. The van der Waals surface area contributed by atoms with Gasteiger partial charge in [-0.3, -0.25) is 9.00 Å². The van der Waals surface area contributed by atoms with Crippen molar-refractivity contribution >= 4 is 22.4 Å². The molecule has 0 bridgehead atoms. The van der Waals surface area contributed by atoms with Gasteiger partial charge in [-0.25, -0.2) is 4.98 Å². The van der Waals surface area contributed by atoms with Gasteiger partial charge in [0.1, 0.15) is 0 Å². The summed E-state index contributed by atoms with van der Waals surface area (Å²) in [6.45, 7) is 1.44. The quantitative estimate of drug-likeness (QED) is 0.920. The van der Waals surface area contributed by atoms with Crippen molar-refractivity contribution < 1.29 is 13.7 Å². The molecule has 1 heterocycles. The molecule has 0 unspecified atom stereocenters. The number of anilines is 1. The molecule has 0 radical (unpaired) electrons. The smallest absolute Gasteiger partial charge is 0.221 e. The van der Waals surface area contributed by atoms with Gasteiger partial charge in [0.25, 0.3) is 0 Å². The molecule has 0 aliphatic heterocycles. The molecular formula is C15H16N2O3S. The molecule has 5 nitrogen and oxygen atoms in total. The Labute approximate surface area is 125 Å². The molecule has 0 aliphatic carbocycles. The van der Waals surface area contributed by atoms with Crippen LogP contribution in [-0.2, 0) is 21.3 Å². The van der Waals surface area contributed by atoms with E-state index in [2.05, 4.69) is 10.3 Å². The van der Waals surface area contributed by atoms with Crippen LogP contribution < -0.4 is 10.1 Å². The minimum atomic E-state index is -1.20. The lowest BCUT2D eigenvalue weighted by Gasteiger charge is -2.06. The number of carbonyl (C=O) groups is 1. The predicted molar refractivity (Wildman–Crippen MR) is 81.6 cm³/mol. The molecular weight excluding hydrogens is 288 g/mol. The highest BCUT2D eigenvalue weighted by Gasteiger charge is 2.07. The van der Waals surface area contributed by atoms with Crippen LogP contribution in [0.2, 0.25) is 0 Å². The summed E-state index contributed by atoms with van der Waals surface area (Å²) >= 11 is 0. The van der Waals surface area contributed by atoms with Crippen LogP contribution in [0, 0.1) is 0 Å². The zero-order valence-electron chi connectivity index (χ0n) is 11.8. The fourth-order valence-electron chi connectivity index (χ4n) is 1.76. The van der Waals surface area contributed by atoms with E-state index in [4.69, 9.17) is 4.74 Å². The van der Waals surface area contributed by atoms with Crippen molar-refractivity contribution in [3.05, 3.63) is 48.2 Å². The second-order valence-corrected chi connectivity index (χ2v) is 5.82. The van der Waals surface area contributed by atoms with Crippen LogP contribution in [0.4, 0.5) is 5.69 Å². The first kappa shape index (κ1) is 15.2. The lowest BCUT2D eigenvalue weighted by molar-refractivity contribution is -0.114. The van der Waals surface area contributed by atoms with Crippen LogP contribution in [0.1, 0.15) is 12.6 Å². The summed E-state index contributed by atoms with van der Waals surface area (Å²) in [7, 11) is 0.349. The van der Waals surface area contributed by atoms with Crippen LogP contribution >= 0.6 is 0 Å². The predicted octanol–water partition coefficient (Wildman–Crippen LogP) is 2.36. The fraction of sp³-hybridized carbons (Fsp3) is 0.200. The van der Waals surface area contributed by atoms with Crippen LogP contribution in [0.5, 0.6) is 5.88 Å². The summed E-state index contributed by atoms with van der Waals surface area (Å²) in [5.74, 6) is 0.686. The van der Waals surface area contributed by atoms with E-state index in [1.54, 1.807) is 37.4 Å². The van der Waals surface area contributed by atoms with Crippen LogP contribution in [0.15, 0.2) is 47.4 Å². The Bertz CT molecular complexity index is 656. The Hall–Kier alpha value is -2.21. The minimum Gasteiger partial charge on any atom is -0.481 e. The first-order valence-corrected chi connectivity index (χ1v) is 7.66. The summed E-state index contributed by atoms with van der Waals surface area (Å²) in [4.78, 5) is 15.9. The molecule has 1 aromatic heterocycles. The van der Waals surface area contributed by atoms with E-state index in [0.717, 1.165) is 0 Å². The molecule has 2 aromatic rings. The first-order chi connectivity index (χ1) is 10.1. The molecule has 1 aromatic carbocycles. The molecule has 0 fully saturated rings. The van der Waals surface area contributed by atoms with Crippen LogP contribution in [-0.4, -0.2) is 22.2 Å². The van der Waals surface area contributed by atoms with Crippen molar-refractivity contribution in [1.29, 1.82) is 0 Å². The van der Waals surface area contributed by atoms with Crippen molar-refractivity contribution in [2.24, 2.45) is 0 Å². The summed E-state index contributed by atoms with van der Waals surface area (Å²) in [6.07, 6.45) is 0. The van der Waals surface area contributed by atoms with Gasteiger partial charge >= 0.3 is 0 Å². The van der Waals surface area contributed by atoms with Gasteiger partial charge in [0.05, 0.1) is 29.4 Å². The van der Waals surface area contributed by atoms with E-state index in [1.807, 2.05) is 12.1 Å². The summed E-state index contributed by atoms with van der Waals surface area (Å²) in [5, 5.41) is 2.67. The van der Waals surface area contributed by atoms with Crippen molar-refractivity contribution in [1.82, 2.24) is 4.98 Å². The van der Waals surface area contributed by atoms with Crippen molar-refractivity contribution in [2.45, 2.75) is 17.6 Å². The second-order valence-electron chi connectivity index (χ2n) is 4.37. The van der Waals surface area contributed by atoms with Crippen LogP contribution in [0.25, 0.3) is 0 Å². The number of pyridine rings is 1. The number of methoxy groups -OCH3 is 1. The maximum Gasteiger partial charge on any atom is 0.221 e. The van der Waals surface area contributed by atoms with Crippen molar-refractivity contribution in [3.8, 4) is 5.88 Å². The highest BCUT2D eigenvalue weighted by molar-refractivity contribution is 7.84. The highest BCUT2D eigenvalue weighted by atomic mass is 32.2. The molecule has 21 heavy (non-hydrogen) atoms. The number of hydrogen-bond acceptors (Lipinski definition) is 4. The number of aromatic nitrogens is 1. The van der Waals surface area contributed by atoms with E-state index < -0.39 is 10.8 Å². The average Bonchev–Trinajstić information content (AvgIpc) is 2.47. The third-order valence-corrected chi connectivity index (χ3v) is 4.06. The Kier molecular flexibility index (Phi) is 5.05. The number of amides is 1. The van der Waals surface area contributed by atoms with E-state index >= 15 is 0 Å². The molecule has 1 amide bonds. The first-order valence-electron chi connectivity index (χ1n) is 6.34. The lowest BCUT2D eigenvalue weighted by Crippen LogP contribution is -2.05. The second kappa shape index (κ2) is 6.99. The van der Waals surface area contributed by atoms with Gasteiger partial charge in [-0.2, -0.15) is 0 Å². The SMILES string of the molecule is COc1cccc(C[S@](=O)c2ccc(NC(C)=O)cc2)n1. The van der Waals surface area contributed by atoms with Gasteiger partial charge in [0, 0.05) is 23.6 Å². The third kappa shape index (κ3) is 4.39. The maximum atomic E-state index is 12.3. The largest absolute Gasteiger partial charge is 0.481 e. The van der Waals surface area contributed by atoms with Gasteiger partial charge in [-0.1, -0.05) is 6.07 Å². The average molecular weight is 304 g/mol. The molecule has 1 atom stereocenters. The molecule has 0 saturated heterocycles. The maximum absolute atomic E-state index is 12.3. The van der Waals surface area contributed by atoms with Crippen molar-refractivity contribution in [3.63, 3.8) is 0 Å². The Morgan fingerprint density at radius 3 is 2.57 bits per heavy atom. The molecule has 1 N–H and O–H groups in total. The van der Waals surface area contributed by atoms with Gasteiger partial charge in [0.2, 0.25) is 11.8 Å². The van der Waals surface area contributed by atoms with Crippen LogP contribution in [0.3, 0.4) is 0 Å². The highest BCUT2D eigenvalue weighted by Crippen LogP contribution is 2.16. The normalized spacial score (nSPS) is 11.7.